The number of hydrogen-bond donors (Lipinski definition) is 0. The highest BCUT2D eigenvalue weighted by molar-refractivity contribution is 6.30. The molecule has 7 heteroatoms. The summed E-state index contributed by atoms with van der Waals surface area (Å²) in [6, 6.07) is 15.2. The number of carbonyl (C=O) groups excluding carboxylic acids is 1. The molecule has 0 radical (unpaired) electrons. The lowest BCUT2D eigenvalue weighted by molar-refractivity contribution is -0.305. The Morgan fingerprint density at radius 3 is 2.37 bits per heavy atom. The van der Waals surface area contributed by atoms with Crippen LogP contribution in [0.5, 0.6) is 0 Å². The lowest BCUT2D eigenvalue weighted by Gasteiger charge is -2.16. The first kappa shape index (κ1) is 19.0. The molecule has 140 valence electrons. The normalized spacial score (nSPS) is 11.6. The number of rotatable bonds is 5. The van der Waals surface area contributed by atoms with E-state index in [1.54, 1.807) is 47.0 Å². The van der Waals surface area contributed by atoms with Gasteiger partial charge in [0, 0.05) is 22.4 Å². The summed E-state index contributed by atoms with van der Waals surface area (Å²) in [5.74, 6) is -1.22. The highest BCUT2D eigenvalue weighted by atomic mass is 35.5. The molecule has 1 heterocycles. The van der Waals surface area contributed by atoms with Crippen LogP contribution in [0.4, 0.5) is 13.2 Å². The van der Waals surface area contributed by atoms with Crippen LogP contribution in [-0.2, 0) is 17.4 Å². The van der Waals surface area contributed by atoms with Crippen molar-refractivity contribution in [3.8, 4) is 16.9 Å². The molecule has 3 nitrogen and oxygen atoms in total. The fourth-order valence-electron chi connectivity index (χ4n) is 2.88. The van der Waals surface area contributed by atoms with Gasteiger partial charge in [-0.1, -0.05) is 29.8 Å². The summed E-state index contributed by atoms with van der Waals surface area (Å²) in [6.07, 6.45) is -4.58. The molecule has 0 saturated carbocycles. The Balaban J connectivity index is 2.14. The largest absolute Gasteiger partial charge is 0.550 e. The Morgan fingerprint density at radius 1 is 1.04 bits per heavy atom. The molecule has 0 saturated heterocycles. The molecule has 3 aromatic rings. The van der Waals surface area contributed by atoms with E-state index in [1.165, 1.54) is 6.07 Å². The maximum atomic E-state index is 13.1. The van der Waals surface area contributed by atoms with Crippen LogP contribution in [0.25, 0.3) is 16.9 Å². The second kappa shape index (κ2) is 7.48. The Kier molecular flexibility index (Phi) is 5.28. The number of carboxylic acids is 1. The molecule has 0 spiro atoms. The summed E-state index contributed by atoms with van der Waals surface area (Å²) in [6.45, 7) is 0. The number of alkyl halides is 3. The minimum absolute atomic E-state index is 0.131. The zero-order valence-corrected chi connectivity index (χ0v) is 14.7. The van der Waals surface area contributed by atoms with Crippen LogP contribution < -0.4 is 5.11 Å². The van der Waals surface area contributed by atoms with Crippen LogP contribution in [0.15, 0.2) is 60.7 Å². The van der Waals surface area contributed by atoms with Gasteiger partial charge in [-0.2, -0.15) is 13.2 Å². The van der Waals surface area contributed by atoms with Crippen molar-refractivity contribution in [2.24, 2.45) is 0 Å². The van der Waals surface area contributed by atoms with Gasteiger partial charge in [0.2, 0.25) is 0 Å². The Bertz CT molecular complexity index is 962. The van der Waals surface area contributed by atoms with Crippen molar-refractivity contribution < 1.29 is 23.1 Å². The van der Waals surface area contributed by atoms with Gasteiger partial charge in [-0.05, 0) is 60.9 Å². The lowest BCUT2D eigenvalue weighted by Crippen LogP contribution is -2.22. The molecule has 0 N–H and O–H groups in total. The third-order valence-corrected chi connectivity index (χ3v) is 4.37. The predicted molar refractivity (Wildman–Crippen MR) is 94.5 cm³/mol. The molecule has 0 aliphatic rings. The van der Waals surface area contributed by atoms with Crippen LogP contribution in [0.3, 0.4) is 0 Å². The van der Waals surface area contributed by atoms with Gasteiger partial charge in [-0.25, -0.2) is 0 Å². The smallest absolute Gasteiger partial charge is 0.416 e. The average molecular weight is 393 g/mol. The van der Waals surface area contributed by atoms with Crippen molar-refractivity contribution in [2.45, 2.75) is 19.0 Å². The highest BCUT2D eigenvalue weighted by Crippen LogP contribution is 2.33. The molecule has 3 rings (SSSR count). The molecular weight excluding hydrogens is 379 g/mol. The summed E-state index contributed by atoms with van der Waals surface area (Å²) in [4.78, 5) is 10.8. The summed E-state index contributed by atoms with van der Waals surface area (Å²) < 4.78 is 41.0. The summed E-state index contributed by atoms with van der Waals surface area (Å²) in [5.41, 5.74) is 1.48. The summed E-state index contributed by atoms with van der Waals surface area (Å²) in [7, 11) is 0. The summed E-state index contributed by atoms with van der Waals surface area (Å²) in [5, 5.41) is 11.4. The zero-order valence-electron chi connectivity index (χ0n) is 14.0. The molecule has 0 fully saturated rings. The minimum atomic E-state index is -4.48. The quantitative estimate of drug-likeness (QED) is 0.641. The third-order valence-electron chi connectivity index (χ3n) is 4.12. The first-order valence-electron chi connectivity index (χ1n) is 8.10. The van der Waals surface area contributed by atoms with Gasteiger partial charge >= 0.3 is 6.18 Å². The fourth-order valence-corrected chi connectivity index (χ4v) is 3.00. The summed E-state index contributed by atoms with van der Waals surface area (Å²) >= 11 is 5.91. The number of aryl methyl sites for hydroxylation is 1. The number of hydrogen-bond acceptors (Lipinski definition) is 2. The predicted octanol–water partition coefficient (Wildman–Crippen LogP) is 4.50. The maximum absolute atomic E-state index is 13.1. The van der Waals surface area contributed by atoms with Crippen molar-refractivity contribution in [1.29, 1.82) is 0 Å². The van der Waals surface area contributed by atoms with E-state index in [2.05, 4.69) is 0 Å². The van der Waals surface area contributed by atoms with Gasteiger partial charge in [0.15, 0.2) is 0 Å². The molecule has 27 heavy (non-hydrogen) atoms. The number of aromatic nitrogens is 1. The first-order valence-corrected chi connectivity index (χ1v) is 8.47. The van der Waals surface area contributed by atoms with Gasteiger partial charge in [0.05, 0.1) is 11.3 Å². The molecule has 1 aromatic heterocycles. The van der Waals surface area contributed by atoms with Gasteiger partial charge in [0.25, 0.3) is 0 Å². The molecule has 2 aromatic carbocycles. The van der Waals surface area contributed by atoms with E-state index < -0.39 is 17.7 Å². The van der Waals surface area contributed by atoms with E-state index in [0.717, 1.165) is 17.7 Å². The van der Waals surface area contributed by atoms with Crippen molar-refractivity contribution in [2.75, 3.05) is 0 Å². The van der Waals surface area contributed by atoms with Crippen LogP contribution in [0.2, 0.25) is 5.02 Å². The molecule has 0 atom stereocenters. The second-order valence-electron chi connectivity index (χ2n) is 5.97. The van der Waals surface area contributed by atoms with Gasteiger partial charge in [-0.15, -0.1) is 0 Å². The van der Waals surface area contributed by atoms with E-state index in [9.17, 15) is 23.1 Å². The highest BCUT2D eigenvalue weighted by Gasteiger charge is 2.30. The molecule has 0 unspecified atom stereocenters. The van der Waals surface area contributed by atoms with Crippen LogP contribution in [-0.4, -0.2) is 10.5 Å². The van der Waals surface area contributed by atoms with Gasteiger partial charge < -0.3 is 14.5 Å². The van der Waals surface area contributed by atoms with Crippen molar-refractivity contribution >= 4 is 17.6 Å². The molecule has 0 aliphatic heterocycles. The Hall–Kier alpha value is -2.73. The molecule has 0 bridgehead atoms. The maximum Gasteiger partial charge on any atom is 0.416 e. The van der Waals surface area contributed by atoms with Crippen molar-refractivity contribution in [3.05, 3.63) is 76.9 Å². The number of nitrogens with zero attached hydrogens (tertiary/aromatic N) is 1. The minimum Gasteiger partial charge on any atom is -0.550 e. The van der Waals surface area contributed by atoms with Crippen LogP contribution in [0.1, 0.15) is 17.7 Å². The van der Waals surface area contributed by atoms with Crippen LogP contribution >= 0.6 is 11.6 Å². The Morgan fingerprint density at radius 2 is 1.74 bits per heavy atom. The van der Waals surface area contributed by atoms with Crippen LogP contribution in [0, 0.1) is 0 Å². The zero-order chi connectivity index (χ0) is 19.6. The topological polar surface area (TPSA) is 45.1 Å². The average Bonchev–Trinajstić information content (AvgIpc) is 3.04. The monoisotopic (exact) mass is 392 g/mol. The lowest BCUT2D eigenvalue weighted by atomic mass is 10.1. The van der Waals surface area contributed by atoms with Gasteiger partial charge in [0.1, 0.15) is 0 Å². The number of benzene rings is 2. The number of halogens is 4. The van der Waals surface area contributed by atoms with Crippen molar-refractivity contribution in [1.82, 2.24) is 4.57 Å². The van der Waals surface area contributed by atoms with Crippen molar-refractivity contribution in [3.63, 3.8) is 0 Å². The molecular formula is C20H14ClF3NO2-. The van der Waals surface area contributed by atoms with E-state index in [-0.39, 0.29) is 12.8 Å². The Labute approximate surface area is 158 Å². The fraction of sp³-hybridized carbons (Fsp3) is 0.150. The molecule has 0 aliphatic carbocycles. The van der Waals surface area contributed by atoms with Gasteiger partial charge in [-0.3, -0.25) is 0 Å². The van der Waals surface area contributed by atoms with E-state index in [0.29, 0.717) is 22.1 Å². The number of aliphatic carboxylic acids is 1. The molecule has 0 amide bonds. The second-order valence-corrected chi connectivity index (χ2v) is 6.41. The number of carbonyl (C=O) groups is 1. The first-order chi connectivity index (χ1) is 12.8. The number of carboxylic acid groups (broad SMARTS) is 1. The third kappa shape index (κ3) is 4.34. The SMILES string of the molecule is O=C([O-])CCc1ccc(-c2ccc(Cl)cc2)n1-c1cccc(C(F)(F)F)c1. The van der Waals surface area contributed by atoms with E-state index >= 15 is 0 Å². The standard InChI is InChI=1S/C20H15ClF3NO2/c21-15-6-4-13(5-7-15)18-10-8-16(9-11-19(26)27)25(18)17-3-1-2-14(12-17)20(22,23)24/h1-8,10,12H,9,11H2,(H,26,27)/p-1. The van der Waals surface area contributed by atoms with E-state index in [4.69, 9.17) is 11.6 Å². The van der Waals surface area contributed by atoms with E-state index in [1.807, 2.05) is 0 Å².